The zero-order valence-corrected chi connectivity index (χ0v) is 17.3. The second-order valence-electron chi connectivity index (χ2n) is 6.98. The lowest BCUT2D eigenvalue weighted by molar-refractivity contribution is -0.121. The summed E-state index contributed by atoms with van der Waals surface area (Å²) in [6, 6.07) is 15.7. The van der Waals surface area contributed by atoms with Gasteiger partial charge in [0, 0.05) is 30.8 Å². The van der Waals surface area contributed by atoms with E-state index in [0.29, 0.717) is 15.1 Å². The summed E-state index contributed by atoms with van der Waals surface area (Å²) in [7, 11) is 1.75. The maximum absolute atomic E-state index is 12.6. The molecule has 0 aromatic heterocycles. The molecule has 0 spiro atoms. The summed E-state index contributed by atoms with van der Waals surface area (Å²) < 4.78 is 0. The van der Waals surface area contributed by atoms with Gasteiger partial charge in [-0.15, -0.1) is 0 Å². The van der Waals surface area contributed by atoms with Crippen molar-refractivity contribution in [1.29, 1.82) is 0 Å². The summed E-state index contributed by atoms with van der Waals surface area (Å²) in [5.41, 5.74) is 3.06. The van der Waals surface area contributed by atoms with Gasteiger partial charge in [0.25, 0.3) is 5.91 Å². The molecule has 0 saturated carbocycles. The summed E-state index contributed by atoms with van der Waals surface area (Å²) in [6.45, 7) is 2.26. The van der Waals surface area contributed by atoms with Gasteiger partial charge < -0.3 is 4.90 Å². The number of hydrogen-bond acceptors (Lipinski definition) is 4. The topological polar surface area (TPSA) is 35.9 Å². The van der Waals surface area contributed by atoms with Crippen LogP contribution in [0.4, 0.5) is 11.4 Å². The first-order chi connectivity index (χ1) is 13.6. The van der Waals surface area contributed by atoms with Crippen molar-refractivity contribution in [3.05, 3.63) is 64.0 Å². The molecule has 0 atom stereocenters. The number of halogens is 1. The first-order valence-electron chi connectivity index (χ1n) is 9.47. The van der Waals surface area contributed by atoms with Gasteiger partial charge >= 0.3 is 0 Å². The standard InChI is InChI=1S/C22H22ClN3OS/c1-25-21(27)20(28-22(25)24-18-9-7-17(23)8-10-18)15-16-5-11-19(12-6-16)26-13-3-2-4-14-26/h5-12,15H,2-4,13-14H2,1H3/b20-15-,24-22?. The smallest absolute Gasteiger partial charge is 0.266 e. The molecule has 0 N–H and O–H groups in total. The fourth-order valence-corrected chi connectivity index (χ4v) is 4.48. The van der Waals surface area contributed by atoms with Crippen LogP contribution in [0.5, 0.6) is 0 Å². The van der Waals surface area contributed by atoms with Gasteiger partial charge in [0.05, 0.1) is 10.6 Å². The molecule has 2 fully saturated rings. The van der Waals surface area contributed by atoms with Gasteiger partial charge in [-0.25, -0.2) is 4.99 Å². The zero-order valence-electron chi connectivity index (χ0n) is 15.8. The van der Waals surface area contributed by atoms with Crippen LogP contribution in [0.2, 0.25) is 5.02 Å². The normalized spacial score (nSPS) is 20.4. The Balaban J connectivity index is 1.51. The molecule has 1 amide bonds. The van der Waals surface area contributed by atoms with Crippen molar-refractivity contribution < 1.29 is 4.79 Å². The Labute approximate surface area is 174 Å². The Morgan fingerprint density at radius 1 is 1.00 bits per heavy atom. The summed E-state index contributed by atoms with van der Waals surface area (Å²) in [6.07, 6.45) is 5.79. The Hall–Kier alpha value is -2.24. The van der Waals surface area contributed by atoms with Crippen LogP contribution in [0.1, 0.15) is 24.8 Å². The highest BCUT2D eigenvalue weighted by Crippen LogP contribution is 2.33. The largest absolute Gasteiger partial charge is 0.372 e. The molecule has 0 radical (unpaired) electrons. The molecule has 0 aliphatic carbocycles. The third-order valence-corrected chi connectivity index (χ3v) is 6.28. The number of carbonyl (C=O) groups excluding carboxylic acids is 1. The number of nitrogens with zero attached hydrogens (tertiary/aromatic N) is 3. The summed E-state index contributed by atoms with van der Waals surface area (Å²) in [4.78, 5) is 21.9. The van der Waals surface area contributed by atoms with E-state index in [0.717, 1.165) is 24.3 Å². The Morgan fingerprint density at radius 2 is 1.68 bits per heavy atom. The molecule has 0 unspecified atom stereocenters. The predicted molar refractivity (Wildman–Crippen MR) is 119 cm³/mol. The quantitative estimate of drug-likeness (QED) is 0.620. The van der Waals surface area contributed by atoms with Gasteiger partial charge in [-0.3, -0.25) is 9.69 Å². The van der Waals surface area contributed by atoms with E-state index < -0.39 is 0 Å². The lowest BCUT2D eigenvalue weighted by atomic mass is 10.1. The molecule has 2 aromatic rings. The highest BCUT2D eigenvalue weighted by Gasteiger charge is 2.30. The van der Waals surface area contributed by atoms with Crippen molar-refractivity contribution in [2.24, 2.45) is 4.99 Å². The molecule has 144 valence electrons. The van der Waals surface area contributed by atoms with Crippen molar-refractivity contribution in [3.8, 4) is 0 Å². The highest BCUT2D eigenvalue weighted by atomic mass is 35.5. The van der Waals surface area contributed by atoms with E-state index in [1.54, 1.807) is 24.1 Å². The number of benzene rings is 2. The minimum absolute atomic E-state index is 0.0298. The summed E-state index contributed by atoms with van der Waals surface area (Å²) in [5, 5.41) is 1.34. The van der Waals surface area contributed by atoms with Gasteiger partial charge in [0.1, 0.15) is 0 Å². The summed E-state index contributed by atoms with van der Waals surface area (Å²) >= 11 is 7.32. The van der Waals surface area contributed by atoms with Crippen molar-refractivity contribution >= 4 is 51.9 Å². The minimum Gasteiger partial charge on any atom is -0.372 e. The third-order valence-electron chi connectivity index (χ3n) is 4.97. The number of amides is 1. The fourth-order valence-electron chi connectivity index (χ4n) is 3.36. The molecule has 0 bridgehead atoms. The fraction of sp³-hybridized carbons (Fsp3) is 0.273. The molecule has 4 nitrogen and oxygen atoms in total. The van der Waals surface area contributed by atoms with Crippen LogP contribution in [0, 0.1) is 0 Å². The van der Waals surface area contributed by atoms with Gasteiger partial charge in [-0.05, 0) is 79.1 Å². The van der Waals surface area contributed by atoms with E-state index >= 15 is 0 Å². The van der Waals surface area contributed by atoms with Crippen LogP contribution in [0.25, 0.3) is 6.08 Å². The maximum Gasteiger partial charge on any atom is 0.266 e. The molecule has 28 heavy (non-hydrogen) atoms. The number of amidine groups is 1. The molecular weight excluding hydrogens is 390 g/mol. The van der Waals surface area contributed by atoms with E-state index in [9.17, 15) is 4.79 Å². The number of carbonyl (C=O) groups is 1. The lowest BCUT2D eigenvalue weighted by Gasteiger charge is -2.28. The molecule has 2 aliphatic heterocycles. The van der Waals surface area contributed by atoms with E-state index in [1.165, 1.54) is 36.7 Å². The maximum atomic E-state index is 12.6. The Bertz CT molecular complexity index is 916. The number of aliphatic imine (C=N–C) groups is 1. The summed E-state index contributed by atoms with van der Waals surface area (Å²) in [5.74, 6) is -0.0298. The van der Waals surface area contributed by atoms with Gasteiger partial charge in [-0.2, -0.15) is 0 Å². The number of likely N-dealkylation sites (N-methyl/N-ethyl adjacent to an activating group) is 1. The number of thioether (sulfide) groups is 1. The van der Waals surface area contributed by atoms with Gasteiger partial charge in [-0.1, -0.05) is 23.7 Å². The van der Waals surface area contributed by atoms with Crippen molar-refractivity contribution in [1.82, 2.24) is 4.90 Å². The predicted octanol–water partition coefficient (Wildman–Crippen LogP) is 5.56. The van der Waals surface area contributed by atoms with Crippen molar-refractivity contribution in [2.75, 3.05) is 25.0 Å². The van der Waals surface area contributed by atoms with Crippen molar-refractivity contribution in [2.45, 2.75) is 19.3 Å². The zero-order chi connectivity index (χ0) is 19.5. The van der Waals surface area contributed by atoms with E-state index in [-0.39, 0.29) is 5.91 Å². The number of anilines is 1. The van der Waals surface area contributed by atoms with Crippen LogP contribution in [0.3, 0.4) is 0 Å². The number of piperidine rings is 1. The number of hydrogen-bond donors (Lipinski definition) is 0. The molecule has 2 aliphatic rings. The van der Waals surface area contributed by atoms with E-state index in [2.05, 4.69) is 34.2 Å². The Kier molecular flexibility index (Phi) is 5.74. The second-order valence-corrected chi connectivity index (χ2v) is 8.43. The van der Waals surface area contributed by atoms with Crippen LogP contribution < -0.4 is 4.90 Å². The van der Waals surface area contributed by atoms with Crippen LogP contribution in [-0.2, 0) is 4.79 Å². The molecule has 2 aromatic carbocycles. The van der Waals surface area contributed by atoms with Gasteiger partial charge in [0.15, 0.2) is 5.17 Å². The second kappa shape index (κ2) is 8.41. The first-order valence-corrected chi connectivity index (χ1v) is 10.7. The highest BCUT2D eigenvalue weighted by molar-refractivity contribution is 8.18. The SMILES string of the molecule is CN1C(=O)/C(=C/c2ccc(N3CCCCC3)cc2)SC1=Nc1ccc(Cl)cc1. The van der Waals surface area contributed by atoms with Crippen LogP contribution in [0.15, 0.2) is 58.4 Å². The van der Waals surface area contributed by atoms with Gasteiger partial charge in [0.2, 0.25) is 0 Å². The van der Waals surface area contributed by atoms with Crippen LogP contribution >= 0.6 is 23.4 Å². The Morgan fingerprint density at radius 3 is 2.36 bits per heavy atom. The third kappa shape index (κ3) is 4.26. The van der Waals surface area contributed by atoms with E-state index in [4.69, 9.17) is 11.6 Å². The molecular formula is C22H22ClN3OS. The van der Waals surface area contributed by atoms with Crippen molar-refractivity contribution in [3.63, 3.8) is 0 Å². The molecule has 6 heteroatoms. The molecule has 2 saturated heterocycles. The van der Waals surface area contributed by atoms with Crippen LogP contribution in [-0.4, -0.2) is 36.1 Å². The molecule has 2 heterocycles. The monoisotopic (exact) mass is 411 g/mol. The molecule has 4 rings (SSSR count). The lowest BCUT2D eigenvalue weighted by Crippen LogP contribution is -2.29. The average molecular weight is 412 g/mol. The van der Waals surface area contributed by atoms with E-state index in [1.807, 2.05) is 18.2 Å². The minimum atomic E-state index is -0.0298. The average Bonchev–Trinajstić information content (AvgIpc) is 2.99. The first kappa shape index (κ1) is 19.1. The number of rotatable bonds is 3.